The lowest BCUT2D eigenvalue weighted by atomic mass is 9.61. The third-order valence-corrected chi connectivity index (χ3v) is 26.0. The van der Waals surface area contributed by atoms with E-state index in [2.05, 4.69) is 440 Å². The molecule has 0 aliphatic carbocycles. The summed E-state index contributed by atoms with van der Waals surface area (Å²) in [5, 5.41) is 12.2. The van der Waals surface area contributed by atoms with Gasteiger partial charge in [0.25, 0.3) is 0 Å². The van der Waals surface area contributed by atoms with Crippen LogP contribution < -0.4 is 14.4 Å². The van der Waals surface area contributed by atoms with Gasteiger partial charge in [0.05, 0.1) is 77.4 Å². The van der Waals surface area contributed by atoms with Crippen molar-refractivity contribution in [1.82, 2.24) is 22.8 Å². The summed E-state index contributed by atoms with van der Waals surface area (Å²) in [5.74, 6) is 3.52. The highest BCUT2D eigenvalue weighted by Crippen LogP contribution is 2.65. The van der Waals surface area contributed by atoms with E-state index in [1.54, 1.807) is 0 Å². The molecule has 5 aromatic heterocycles. The molecule has 0 saturated heterocycles. The highest BCUT2D eigenvalue weighted by Gasteiger charge is 2.53. The number of ether oxygens (including phenoxy) is 2. The van der Waals surface area contributed by atoms with Gasteiger partial charge in [-0.2, -0.15) is 0 Å². The quantitative estimate of drug-likeness (QED) is 0.167. The standard InChI is InChI=1S/C55H33N3O.C55H35N3O/c1-2-15-34(16-3-1)56-46-24-9-6-19-38(46)41-33-35(29-32-49(41)56)57-47-25-10-4-18-37(47)40-30-31-45-54(53(40)57)59-51-28-13-8-22-43(51)55(45)42-21-7-12-27-50(42)58-48-26-11-5-17-36(48)39-20-14-23-44(55)52(39)58;1-3-16-36(17-4-1)56(37-18-5-2-6-19-37)38-30-32-39(33-31-38)57-48-26-11-7-21-41(48)43-34-35-47-54(53(43)57)59-51-29-14-10-24-45(51)55(47)44-23-9-13-28-50(44)58-49-27-12-8-20-40(49)42-22-15-25-46(55)52(42)58/h1-33H;1-35H. The number of para-hydroxylation sites is 14. The number of fused-ring (bicyclic) bond motifs is 33. The Labute approximate surface area is 678 Å². The van der Waals surface area contributed by atoms with Gasteiger partial charge in [-0.15, -0.1) is 0 Å². The molecule has 0 N–H and O–H groups in total. The van der Waals surface area contributed by atoms with E-state index in [0.717, 1.165) is 112 Å². The van der Waals surface area contributed by atoms with Gasteiger partial charge in [0.2, 0.25) is 0 Å². The molecule has 0 amide bonds. The third-order valence-electron chi connectivity index (χ3n) is 26.0. The van der Waals surface area contributed by atoms with E-state index in [0.29, 0.717) is 0 Å². The third kappa shape index (κ3) is 8.55. The van der Waals surface area contributed by atoms with Crippen LogP contribution in [0.2, 0.25) is 0 Å². The molecule has 118 heavy (non-hydrogen) atoms. The first-order valence-electron chi connectivity index (χ1n) is 40.6. The van der Waals surface area contributed by atoms with Gasteiger partial charge >= 0.3 is 0 Å². The van der Waals surface area contributed by atoms with Crippen LogP contribution in [0, 0.1) is 0 Å². The molecule has 0 saturated carbocycles. The molecule has 2 atom stereocenters. The van der Waals surface area contributed by atoms with E-state index in [1.165, 1.54) is 110 Å². The summed E-state index contributed by atoms with van der Waals surface area (Å²) in [4.78, 5) is 2.31. The minimum atomic E-state index is -0.660. The van der Waals surface area contributed by atoms with Crippen molar-refractivity contribution >= 4 is 126 Å². The van der Waals surface area contributed by atoms with Gasteiger partial charge in [-0.1, -0.05) is 279 Å². The second kappa shape index (κ2) is 24.4. The number of nitrogens with zero attached hydrogens (tertiary/aromatic N) is 6. The van der Waals surface area contributed by atoms with Gasteiger partial charge in [-0.25, -0.2) is 0 Å². The lowest BCUT2D eigenvalue weighted by molar-refractivity contribution is 0.437. The van der Waals surface area contributed by atoms with Crippen molar-refractivity contribution in [2.75, 3.05) is 4.90 Å². The van der Waals surface area contributed by atoms with E-state index < -0.39 is 10.8 Å². The Morgan fingerprint density at radius 3 is 0.983 bits per heavy atom. The Hall–Kier alpha value is -15.6. The second-order valence-electron chi connectivity index (χ2n) is 31.6. The summed E-state index contributed by atoms with van der Waals surface area (Å²) in [6.07, 6.45) is 0. The maximum absolute atomic E-state index is 7.36. The summed E-state index contributed by atoms with van der Waals surface area (Å²) in [5.41, 5.74) is 29.0. The Kier molecular flexibility index (Phi) is 13.4. The number of hydrogen-bond acceptors (Lipinski definition) is 3. The first-order chi connectivity index (χ1) is 58.6. The van der Waals surface area contributed by atoms with Gasteiger partial charge in [0, 0.05) is 110 Å². The minimum Gasteiger partial charge on any atom is -0.454 e. The fourth-order valence-corrected chi connectivity index (χ4v) is 21.5. The molecule has 23 aromatic rings. The smallest absolute Gasteiger partial charge is 0.156 e. The zero-order valence-corrected chi connectivity index (χ0v) is 63.8. The van der Waals surface area contributed by atoms with Gasteiger partial charge in [-0.3, -0.25) is 0 Å². The van der Waals surface area contributed by atoms with Crippen molar-refractivity contribution in [1.29, 1.82) is 0 Å². The van der Waals surface area contributed by atoms with Crippen molar-refractivity contribution in [2.45, 2.75) is 10.8 Å². The molecule has 27 rings (SSSR count). The van der Waals surface area contributed by atoms with Crippen LogP contribution in [0.1, 0.15) is 44.5 Å². The van der Waals surface area contributed by atoms with E-state index in [1.807, 2.05) is 0 Å². The molecule has 0 radical (unpaired) electrons. The Bertz CT molecular complexity index is 8170. The number of benzene rings is 18. The fraction of sp³-hybridized carbons (Fsp3) is 0.0182. The van der Waals surface area contributed by atoms with Crippen LogP contribution in [0.25, 0.3) is 137 Å². The molecular formula is C110H68N6O2. The zero-order chi connectivity index (χ0) is 77.1. The van der Waals surface area contributed by atoms with E-state index >= 15 is 0 Å². The van der Waals surface area contributed by atoms with E-state index in [4.69, 9.17) is 9.47 Å². The van der Waals surface area contributed by atoms with Crippen LogP contribution in [0.15, 0.2) is 413 Å². The molecule has 18 aromatic carbocycles. The number of rotatable bonds is 6. The predicted molar refractivity (Wildman–Crippen MR) is 483 cm³/mol. The summed E-state index contributed by atoms with van der Waals surface area (Å²) >= 11 is 0. The normalized spacial score (nSPS) is 15.2. The van der Waals surface area contributed by atoms with E-state index in [9.17, 15) is 0 Å². The summed E-state index contributed by atoms with van der Waals surface area (Å²) < 4.78 is 26.9. The van der Waals surface area contributed by atoms with Crippen LogP contribution in [0.3, 0.4) is 0 Å². The summed E-state index contributed by atoms with van der Waals surface area (Å²) in [7, 11) is 0. The highest BCUT2D eigenvalue weighted by atomic mass is 16.5. The molecule has 4 aliphatic heterocycles. The summed E-state index contributed by atoms with van der Waals surface area (Å²) in [6, 6.07) is 150. The fourth-order valence-electron chi connectivity index (χ4n) is 21.5. The van der Waals surface area contributed by atoms with Crippen molar-refractivity contribution in [3.05, 3.63) is 457 Å². The topological polar surface area (TPSA) is 46.4 Å². The van der Waals surface area contributed by atoms with Crippen LogP contribution in [0.5, 0.6) is 23.0 Å². The summed E-state index contributed by atoms with van der Waals surface area (Å²) in [6.45, 7) is 0. The molecule has 8 heteroatoms. The van der Waals surface area contributed by atoms with Crippen molar-refractivity contribution in [3.63, 3.8) is 0 Å². The van der Waals surface area contributed by atoms with Gasteiger partial charge in [0.1, 0.15) is 11.5 Å². The van der Waals surface area contributed by atoms with Gasteiger partial charge < -0.3 is 37.2 Å². The van der Waals surface area contributed by atoms with Crippen LogP contribution in [-0.2, 0) is 10.8 Å². The first kappa shape index (κ1) is 64.8. The number of hydrogen-bond donors (Lipinski definition) is 0. The van der Waals surface area contributed by atoms with Crippen LogP contribution in [0.4, 0.5) is 17.1 Å². The van der Waals surface area contributed by atoms with Gasteiger partial charge in [0.15, 0.2) is 11.5 Å². The second-order valence-corrected chi connectivity index (χ2v) is 31.6. The highest BCUT2D eigenvalue weighted by molar-refractivity contribution is 6.18. The predicted octanol–water partition coefficient (Wildman–Crippen LogP) is 27.9. The lowest BCUT2D eigenvalue weighted by Crippen LogP contribution is -2.37. The molecule has 9 heterocycles. The monoisotopic (exact) mass is 1500 g/mol. The Morgan fingerprint density at radius 1 is 0.186 bits per heavy atom. The van der Waals surface area contributed by atoms with Crippen molar-refractivity contribution in [3.8, 4) is 51.4 Å². The molecule has 0 bridgehead atoms. The van der Waals surface area contributed by atoms with Crippen molar-refractivity contribution < 1.29 is 9.47 Å². The molecular weight excluding hydrogens is 1440 g/mol. The average Bonchev–Trinajstić information content (AvgIpc) is 1.34. The molecule has 550 valence electrons. The lowest BCUT2D eigenvalue weighted by Gasteiger charge is -2.45. The molecule has 4 aliphatic rings. The Balaban J connectivity index is 0.000000128. The molecule has 0 fully saturated rings. The first-order valence-corrected chi connectivity index (χ1v) is 40.6. The largest absolute Gasteiger partial charge is 0.454 e. The maximum Gasteiger partial charge on any atom is 0.156 e. The molecule has 2 unspecified atom stereocenters. The van der Waals surface area contributed by atoms with Crippen LogP contribution >= 0.6 is 0 Å². The van der Waals surface area contributed by atoms with E-state index in [-0.39, 0.29) is 0 Å². The van der Waals surface area contributed by atoms with Crippen molar-refractivity contribution in [2.24, 2.45) is 0 Å². The molecule has 8 nitrogen and oxygen atoms in total. The van der Waals surface area contributed by atoms with Crippen LogP contribution in [-0.4, -0.2) is 22.8 Å². The molecule has 2 spiro atoms. The van der Waals surface area contributed by atoms with Gasteiger partial charge in [-0.05, 0) is 156 Å². The Morgan fingerprint density at radius 2 is 0.508 bits per heavy atom. The average molecular weight is 1510 g/mol. The minimum absolute atomic E-state index is 0.657. The number of aromatic nitrogens is 5. The maximum atomic E-state index is 7.36. The number of anilines is 3. The SMILES string of the molecule is c1ccc(-n2c3ccccc3c3cc(-n4c5ccccc5c5ccc6c(c54)Oc4ccccc4C64c5ccccc5-n5c6ccccc6c6cccc4c65)ccc32)cc1.c1ccc(N(c2ccccc2)c2ccc(-n3c4ccccc4c4ccc5c(c43)Oc3ccccc3C53c4ccccc4-n4c5ccccc5c5cccc3c54)cc2)cc1. The zero-order valence-electron chi connectivity index (χ0n) is 63.8.